The van der Waals surface area contributed by atoms with Gasteiger partial charge in [-0.05, 0) is 48.4 Å². The van der Waals surface area contributed by atoms with Gasteiger partial charge in [0.05, 0.1) is 5.56 Å². The summed E-state index contributed by atoms with van der Waals surface area (Å²) < 4.78 is 37.5. The topological polar surface area (TPSA) is 85.2 Å². The number of carbonyl (C=O) groups excluding carboxylic acids is 1. The van der Waals surface area contributed by atoms with Gasteiger partial charge < -0.3 is 15.7 Å². The molecule has 3 N–H and O–H groups in total. The quantitative estimate of drug-likeness (QED) is 0.532. The number of carbonyl (C=O) groups is 1. The van der Waals surface area contributed by atoms with Gasteiger partial charge in [-0.25, -0.2) is 0 Å². The zero-order chi connectivity index (χ0) is 19.9. The molecule has 0 saturated heterocycles. The highest BCUT2D eigenvalue weighted by Gasteiger charge is 2.29. The molecule has 2 aromatic rings. The molecule has 0 aliphatic heterocycles. The molecule has 0 aliphatic rings. The van der Waals surface area contributed by atoms with Crippen LogP contribution in [0, 0.1) is 11.3 Å². The average Bonchev–Trinajstić information content (AvgIpc) is 2.63. The zero-order valence-corrected chi connectivity index (χ0v) is 14.0. The van der Waals surface area contributed by atoms with Gasteiger partial charge in [0.2, 0.25) is 0 Å². The Morgan fingerprint density at radius 1 is 1.11 bits per heavy atom. The van der Waals surface area contributed by atoms with Crippen molar-refractivity contribution in [2.75, 3.05) is 11.9 Å². The first-order chi connectivity index (χ1) is 12.8. The second-order valence-corrected chi connectivity index (χ2v) is 5.56. The lowest BCUT2D eigenvalue weighted by Crippen LogP contribution is -2.27. The first-order valence-electron chi connectivity index (χ1n) is 7.90. The maximum atomic E-state index is 12.5. The molecule has 140 valence electrons. The van der Waals surface area contributed by atoms with E-state index in [-0.39, 0.29) is 17.9 Å². The summed E-state index contributed by atoms with van der Waals surface area (Å²) in [4.78, 5) is 12.0. The molecule has 0 heterocycles. The Morgan fingerprint density at radius 2 is 1.74 bits per heavy atom. The molecule has 2 aromatic carbocycles. The molecule has 0 aliphatic carbocycles. The Morgan fingerprint density at radius 3 is 2.30 bits per heavy atom. The Hall–Kier alpha value is -3.47. The summed E-state index contributed by atoms with van der Waals surface area (Å²) in [6.45, 7) is 0.281. The molecule has 0 bridgehead atoms. The minimum Gasteiger partial charge on any atom is -0.508 e. The SMILES string of the molecule is N#C/C(=C/Nc1ccc(C(F)(F)F)cc1)C(=O)NCCc1ccc(O)cc1. The van der Waals surface area contributed by atoms with E-state index in [2.05, 4.69) is 10.6 Å². The largest absolute Gasteiger partial charge is 0.508 e. The minimum absolute atomic E-state index is 0.145. The average molecular weight is 375 g/mol. The smallest absolute Gasteiger partial charge is 0.416 e. The number of amides is 1. The third-order valence-electron chi connectivity index (χ3n) is 3.60. The van der Waals surface area contributed by atoms with E-state index in [1.807, 2.05) is 0 Å². The van der Waals surface area contributed by atoms with Gasteiger partial charge in [-0.3, -0.25) is 4.79 Å². The number of aromatic hydroxyl groups is 1. The molecule has 5 nitrogen and oxygen atoms in total. The number of halogens is 3. The van der Waals surface area contributed by atoms with E-state index >= 15 is 0 Å². The molecule has 0 atom stereocenters. The maximum Gasteiger partial charge on any atom is 0.416 e. The number of alkyl halides is 3. The molecule has 0 spiro atoms. The normalized spacial score (nSPS) is 11.6. The van der Waals surface area contributed by atoms with E-state index in [1.165, 1.54) is 24.3 Å². The first-order valence-corrected chi connectivity index (χ1v) is 7.90. The molecule has 0 radical (unpaired) electrons. The predicted octanol–water partition coefficient (Wildman–Crippen LogP) is 3.59. The fourth-order valence-electron chi connectivity index (χ4n) is 2.14. The number of nitriles is 1. The van der Waals surface area contributed by atoms with Gasteiger partial charge >= 0.3 is 6.18 Å². The third kappa shape index (κ3) is 6.08. The molecule has 27 heavy (non-hydrogen) atoms. The van der Waals surface area contributed by atoms with E-state index in [0.29, 0.717) is 12.1 Å². The van der Waals surface area contributed by atoms with Gasteiger partial charge in [0.1, 0.15) is 17.4 Å². The van der Waals surface area contributed by atoms with Crippen molar-refractivity contribution in [2.24, 2.45) is 0 Å². The number of hydrogen-bond donors (Lipinski definition) is 3. The second-order valence-electron chi connectivity index (χ2n) is 5.56. The van der Waals surface area contributed by atoms with E-state index < -0.39 is 17.6 Å². The van der Waals surface area contributed by atoms with Crippen LogP contribution in [-0.2, 0) is 17.4 Å². The minimum atomic E-state index is -4.43. The number of benzene rings is 2. The number of phenolic OH excluding ortho intramolecular Hbond substituents is 1. The molecule has 0 saturated carbocycles. The monoisotopic (exact) mass is 375 g/mol. The summed E-state index contributed by atoms with van der Waals surface area (Å²) in [5.41, 5.74) is 0.219. The molecule has 2 rings (SSSR count). The van der Waals surface area contributed by atoms with Crippen molar-refractivity contribution in [3.8, 4) is 11.8 Å². The summed E-state index contributed by atoms with van der Waals surface area (Å²) in [5, 5.41) is 23.5. The van der Waals surface area contributed by atoms with Crippen molar-refractivity contribution in [3.05, 3.63) is 71.4 Å². The fraction of sp³-hybridized carbons (Fsp3) is 0.158. The van der Waals surface area contributed by atoms with E-state index in [0.717, 1.165) is 23.9 Å². The Kier molecular flexibility index (Phi) is 6.44. The van der Waals surface area contributed by atoms with Gasteiger partial charge in [0.25, 0.3) is 5.91 Å². The lowest BCUT2D eigenvalue weighted by Gasteiger charge is -2.08. The Bertz CT molecular complexity index is 852. The van der Waals surface area contributed by atoms with Crippen molar-refractivity contribution >= 4 is 11.6 Å². The number of hydrogen-bond acceptors (Lipinski definition) is 4. The van der Waals surface area contributed by atoms with Crippen LogP contribution in [0.4, 0.5) is 18.9 Å². The Balaban J connectivity index is 1.90. The van der Waals surface area contributed by atoms with E-state index in [9.17, 15) is 23.1 Å². The third-order valence-corrected chi connectivity index (χ3v) is 3.60. The van der Waals surface area contributed by atoms with Crippen LogP contribution >= 0.6 is 0 Å². The van der Waals surface area contributed by atoms with Crippen LogP contribution in [0.1, 0.15) is 11.1 Å². The maximum absolute atomic E-state index is 12.5. The molecule has 8 heteroatoms. The van der Waals surface area contributed by atoms with Gasteiger partial charge in [-0.1, -0.05) is 12.1 Å². The van der Waals surface area contributed by atoms with Crippen LogP contribution in [0.2, 0.25) is 0 Å². The number of phenols is 1. The standard InChI is InChI=1S/C19H16F3N3O2/c20-19(21,22)15-3-5-16(6-4-15)25-12-14(11-23)18(27)24-10-9-13-1-7-17(26)8-2-13/h1-8,12,25-26H,9-10H2,(H,24,27)/b14-12-. The summed E-state index contributed by atoms with van der Waals surface area (Å²) in [6, 6.07) is 12.5. The lowest BCUT2D eigenvalue weighted by molar-refractivity contribution is -0.137. The summed E-state index contributed by atoms with van der Waals surface area (Å²) >= 11 is 0. The fourth-order valence-corrected chi connectivity index (χ4v) is 2.14. The summed E-state index contributed by atoms with van der Waals surface area (Å²) in [6.07, 6.45) is -2.78. The highest BCUT2D eigenvalue weighted by Crippen LogP contribution is 2.29. The molecule has 0 fully saturated rings. The van der Waals surface area contributed by atoms with Crippen molar-refractivity contribution in [1.29, 1.82) is 5.26 Å². The first kappa shape index (κ1) is 19.8. The lowest BCUT2D eigenvalue weighted by atomic mass is 10.1. The Labute approximate surface area is 153 Å². The van der Waals surface area contributed by atoms with Gasteiger partial charge in [0.15, 0.2) is 0 Å². The van der Waals surface area contributed by atoms with Gasteiger partial charge in [-0.15, -0.1) is 0 Å². The van der Waals surface area contributed by atoms with Crippen LogP contribution in [0.25, 0.3) is 0 Å². The van der Waals surface area contributed by atoms with Crippen LogP contribution < -0.4 is 10.6 Å². The molecular formula is C19H16F3N3O2. The van der Waals surface area contributed by atoms with Crippen molar-refractivity contribution in [2.45, 2.75) is 12.6 Å². The molecule has 0 unspecified atom stereocenters. The highest BCUT2D eigenvalue weighted by atomic mass is 19.4. The molecule has 1 amide bonds. The highest BCUT2D eigenvalue weighted by molar-refractivity contribution is 5.97. The number of nitrogens with one attached hydrogen (secondary N) is 2. The van der Waals surface area contributed by atoms with Crippen molar-refractivity contribution in [1.82, 2.24) is 5.32 Å². The predicted molar refractivity (Wildman–Crippen MR) is 93.6 cm³/mol. The summed E-state index contributed by atoms with van der Waals surface area (Å²) in [7, 11) is 0. The van der Waals surface area contributed by atoms with Crippen molar-refractivity contribution in [3.63, 3.8) is 0 Å². The number of anilines is 1. The molecular weight excluding hydrogens is 359 g/mol. The molecule has 0 aromatic heterocycles. The van der Waals surface area contributed by atoms with Gasteiger partial charge in [-0.2, -0.15) is 18.4 Å². The number of rotatable bonds is 6. The zero-order valence-electron chi connectivity index (χ0n) is 14.0. The van der Waals surface area contributed by atoms with Gasteiger partial charge in [0, 0.05) is 18.4 Å². The van der Waals surface area contributed by atoms with Crippen LogP contribution in [0.15, 0.2) is 60.3 Å². The second kappa shape index (κ2) is 8.76. The van der Waals surface area contributed by atoms with Crippen LogP contribution in [0.3, 0.4) is 0 Å². The van der Waals surface area contributed by atoms with E-state index in [4.69, 9.17) is 5.26 Å². The number of nitrogens with zero attached hydrogens (tertiary/aromatic N) is 1. The van der Waals surface area contributed by atoms with E-state index in [1.54, 1.807) is 18.2 Å². The van der Waals surface area contributed by atoms with Crippen molar-refractivity contribution < 1.29 is 23.1 Å². The summed E-state index contributed by atoms with van der Waals surface area (Å²) in [5.74, 6) is -0.456. The van der Waals surface area contributed by atoms with Crippen LogP contribution in [0.5, 0.6) is 5.75 Å². The van der Waals surface area contributed by atoms with Crippen LogP contribution in [-0.4, -0.2) is 17.6 Å².